The molecular formula is C10H18O4. The molecule has 0 rings (SSSR count). The van der Waals surface area contributed by atoms with Gasteiger partial charge in [0.05, 0.1) is 26.4 Å². The number of carbonyl (C=O) groups excluding carboxylic acids is 1. The molecule has 0 aromatic carbocycles. The van der Waals surface area contributed by atoms with Crippen molar-refractivity contribution in [3.05, 3.63) is 11.6 Å². The third kappa shape index (κ3) is 7.76. The van der Waals surface area contributed by atoms with E-state index in [1.807, 2.05) is 6.92 Å². The summed E-state index contributed by atoms with van der Waals surface area (Å²) >= 11 is 0. The number of rotatable bonds is 7. The maximum absolute atomic E-state index is 11.0. The summed E-state index contributed by atoms with van der Waals surface area (Å²) in [6, 6.07) is 0. The van der Waals surface area contributed by atoms with Gasteiger partial charge in [0.2, 0.25) is 0 Å². The summed E-state index contributed by atoms with van der Waals surface area (Å²) < 4.78 is 14.8. The highest BCUT2D eigenvalue weighted by atomic mass is 16.5. The van der Waals surface area contributed by atoms with Gasteiger partial charge in [-0.25, -0.2) is 4.79 Å². The van der Waals surface area contributed by atoms with E-state index in [2.05, 4.69) is 0 Å². The van der Waals surface area contributed by atoms with Gasteiger partial charge < -0.3 is 14.2 Å². The summed E-state index contributed by atoms with van der Waals surface area (Å²) in [5.74, 6) is -0.319. The normalized spacial score (nSPS) is 11.5. The van der Waals surface area contributed by atoms with Gasteiger partial charge in [-0.2, -0.15) is 0 Å². The van der Waals surface area contributed by atoms with Crippen molar-refractivity contribution in [2.45, 2.75) is 13.8 Å². The average molecular weight is 202 g/mol. The third-order valence-corrected chi connectivity index (χ3v) is 1.41. The van der Waals surface area contributed by atoms with E-state index < -0.39 is 0 Å². The van der Waals surface area contributed by atoms with Gasteiger partial charge in [-0.05, 0) is 19.4 Å². The molecule has 82 valence electrons. The van der Waals surface area contributed by atoms with E-state index in [4.69, 9.17) is 14.2 Å². The SMILES string of the molecule is CCOC(=O)/C=C(\C)COCCOC. The molecule has 0 aromatic rings. The van der Waals surface area contributed by atoms with Crippen LogP contribution in [0.2, 0.25) is 0 Å². The van der Waals surface area contributed by atoms with Gasteiger partial charge in [0, 0.05) is 13.2 Å². The first kappa shape index (κ1) is 13.1. The molecule has 0 fully saturated rings. The molecule has 0 spiro atoms. The summed E-state index contributed by atoms with van der Waals surface area (Å²) in [5, 5.41) is 0. The third-order valence-electron chi connectivity index (χ3n) is 1.41. The van der Waals surface area contributed by atoms with E-state index in [-0.39, 0.29) is 5.97 Å². The van der Waals surface area contributed by atoms with Crippen molar-refractivity contribution in [3.8, 4) is 0 Å². The second-order valence-corrected chi connectivity index (χ2v) is 2.79. The summed E-state index contributed by atoms with van der Waals surface area (Å²) in [6.07, 6.45) is 1.44. The van der Waals surface area contributed by atoms with Gasteiger partial charge in [0.15, 0.2) is 0 Å². The zero-order valence-electron chi connectivity index (χ0n) is 9.04. The van der Waals surface area contributed by atoms with Crippen LogP contribution in [0.15, 0.2) is 11.6 Å². The van der Waals surface area contributed by atoms with Crippen LogP contribution < -0.4 is 0 Å². The van der Waals surface area contributed by atoms with E-state index in [0.29, 0.717) is 26.4 Å². The molecule has 0 unspecified atom stereocenters. The van der Waals surface area contributed by atoms with Gasteiger partial charge in [-0.3, -0.25) is 0 Å². The smallest absolute Gasteiger partial charge is 0.330 e. The highest BCUT2D eigenvalue weighted by molar-refractivity contribution is 5.82. The monoisotopic (exact) mass is 202 g/mol. The molecule has 0 saturated carbocycles. The zero-order valence-corrected chi connectivity index (χ0v) is 9.04. The van der Waals surface area contributed by atoms with E-state index >= 15 is 0 Å². The van der Waals surface area contributed by atoms with Crippen molar-refractivity contribution < 1.29 is 19.0 Å². The second-order valence-electron chi connectivity index (χ2n) is 2.79. The first-order chi connectivity index (χ1) is 6.70. The van der Waals surface area contributed by atoms with Crippen LogP contribution in [0.5, 0.6) is 0 Å². The number of hydrogen-bond donors (Lipinski definition) is 0. The molecule has 0 radical (unpaired) electrons. The molecule has 0 aliphatic rings. The van der Waals surface area contributed by atoms with Gasteiger partial charge in [0.25, 0.3) is 0 Å². The van der Waals surface area contributed by atoms with Crippen LogP contribution in [-0.2, 0) is 19.0 Å². The van der Waals surface area contributed by atoms with Crippen LogP contribution >= 0.6 is 0 Å². The number of esters is 1. The Labute approximate surface area is 84.8 Å². The quantitative estimate of drug-likeness (QED) is 0.353. The lowest BCUT2D eigenvalue weighted by Crippen LogP contribution is -2.06. The lowest BCUT2D eigenvalue weighted by Gasteiger charge is -2.03. The minimum Gasteiger partial charge on any atom is -0.463 e. The standard InChI is InChI=1S/C10H18O4/c1-4-14-10(11)7-9(2)8-13-6-5-12-3/h7H,4-6,8H2,1-3H3/b9-7+. The van der Waals surface area contributed by atoms with Crippen LogP contribution in [0.25, 0.3) is 0 Å². The Morgan fingerprint density at radius 3 is 2.64 bits per heavy atom. The first-order valence-corrected chi connectivity index (χ1v) is 4.61. The van der Waals surface area contributed by atoms with Crippen molar-refractivity contribution in [3.63, 3.8) is 0 Å². The molecule has 4 heteroatoms. The molecule has 0 bridgehead atoms. The summed E-state index contributed by atoms with van der Waals surface area (Å²) in [4.78, 5) is 11.0. The minimum atomic E-state index is -0.319. The molecule has 0 N–H and O–H groups in total. The molecular weight excluding hydrogens is 184 g/mol. The summed E-state index contributed by atoms with van der Waals surface area (Å²) in [5.41, 5.74) is 0.847. The van der Waals surface area contributed by atoms with Gasteiger partial charge >= 0.3 is 5.97 Å². The number of methoxy groups -OCH3 is 1. The maximum atomic E-state index is 11.0. The highest BCUT2D eigenvalue weighted by Crippen LogP contribution is 1.95. The Kier molecular flexibility index (Phi) is 8.17. The molecule has 0 aromatic heterocycles. The Balaban J connectivity index is 3.60. The van der Waals surface area contributed by atoms with Crippen LogP contribution in [0, 0.1) is 0 Å². The Bertz CT molecular complexity index is 187. The van der Waals surface area contributed by atoms with Crippen molar-refractivity contribution in [2.24, 2.45) is 0 Å². The van der Waals surface area contributed by atoms with E-state index in [1.54, 1.807) is 14.0 Å². The average Bonchev–Trinajstić information content (AvgIpc) is 2.13. The first-order valence-electron chi connectivity index (χ1n) is 4.61. The molecule has 0 atom stereocenters. The minimum absolute atomic E-state index is 0.319. The van der Waals surface area contributed by atoms with Gasteiger partial charge in [-0.15, -0.1) is 0 Å². The predicted octanol–water partition coefficient (Wildman–Crippen LogP) is 1.16. The molecule has 0 aliphatic heterocycles. The fraction of sp³-hybridized carbons (Fsp3) is 0.700. The van der Waals surface area contributed by atoms with Crippen LogP contribution in [-0.4, -0.2) is 39.5 Å². The highest BCUT2D eigenvalue weighted by Gasteiger charge is 1.97. The van der Waals surface area contributed by atoms with Gasteiger partial charge in [-0.1, -0.05) is 0 Å². The zero-order chi connectivity index (χ0) is 10.8. The largest absolute Gasteiger partial charge is 0.463 e. The van der Waals surface area contributed by atoms with Crippen LogP contribution in [0.1, 0.15) is 13.8 Å². The fourth-order valence-corrected chi connectivity index (χ4v) is 0.802. The van der Waals surface area contributed by atoms with Crippen molar-refractivity contribution in [2.75, 3.05) is 33.5 Å². The number of hydrogen-bond acceptors (Lipinski definition) is 4. The van der Waals surface area contributed by atoms with Crippen LogP contribution in [0.3, 0.4) is 0 Å². The number of ether oxygens (including phenoxy) is 3. The molecule has 0 amide bonds. The molecule has 14 heavy (non-hydrogen) atoms. The Hall–Kier alpha value is -0.870. The Morgan fingerprint density at radius 2 is 2.07 bits per heavy atom. The van der Waals surface area contributed by atoms with Crippen molar-refractivity contribution in [1.82, 2.24) is 0 Å². The van der Waals surface area contributed by atoms with Gasteiger partial charge in [0.1, 0.15) is 0 Å². The number of carbonyl (C=O) groups is 1. The van der Waals surface area contributed by atoms with E-state index in [1.165, 1.54) is 6.08 Å². The Morgan fingerprint density at radius 1 is 1.36 bits per heavy atom. The molecule has 0 saturated heterocycles. The predicted molar refractivity (Wildman–Crippen MR) is 53.1 cm³/mol. The van der Waals surface area contributed by atoms with Crippen molar-refractivity contribution in [1.29, 1.82) is 0 Å². The summed E-state index contributed by atoms with van der Waals surface area (Å²) in [7, 11) is 1.62. The fourth-order valence-electron chi connectivity index (χ4n) is 0.802. The van der Waals surface area contributed by atoms with Crippen molar-refractivity contribution >= 4 is 5.97 Å². The lowest BCUT2D eigenvalue weighted by atomic mass is 10.3. The van der Waals surface area contributed by atoms with E-state index in [9.17, 15) is 4.79 Å². The molecule has 4 nitrogen and oxygen atoms in total. The van der Waals surface area contributed by atoms with Crippen LogP contribution in [0.4, 0.5) is 0 Å². The topological polar surface area (TPSA) is 44.8 Å². The lowest BCUT2D eigenvalue weighted by molar-refractivity contribution is -0.137. The maximum Gasteiger partial charge on any atom is 0.330 e. The molecule has 0 heterocycles. The molecule has 0 aliphatic carbocycles. The van der Waals surface area contributed by atoms with E-state index in [0.717, 1.165) is 5.57 Å². The summed E-state index contributed by atoms with van der Waals surface area (Å²) in [6.45, 7) is 5.52. The second kappa shape index (κ2) is 8.72.